The molecule has 1 aromatic heterocycles. The van der Waals surface area contributed by atoms with Crippen LogP contribution < -0.4 is 10.5 Å². The first-order chi connectivity index (χ1) is 8.47. The van der Waals surface area contributed by atoms with E-state index in [0.717, 1.165) is 0 Å². The third-order valence-electron chi connectivity index (χ3n) is 2.67. The first kappa shape index (κ1) is 14.4. The number of carbonyl (C=O) groups excluding carboxylic acids is 1. The number of pyridine rings is 1. The number of ether oxygens (including phenoxy) is 1. The van der Waals surface area contributed by atoms with E-state index in [1.54, 1.807) is 30.3 Å². The minimum atomic E-state index is -0.163. The number of methoxy groups -OCH3 is 1. The molecule has 1 heterocycles. The van der Waals surface area contributed by atoms with E-state index >= 15 is 0 Å². The van der Waals surface area contributed by atoms with Crippen LogP contribution in [0.5, 0.6) is 5.88 Å². The normalized spacial score (nSPS) is 11.7. The predicted molar refractivity (Wildman–Crippen MR) is 73.7 cm³/mol. The van der Waals surface area contributed by atoms with Crippen LogP contribution >= 0.6 is 12.2 Å². The zero-order valence-corrected chi connectivity index (χ0v) is 11.5. The summed E-state index contributed by atoms with van der Waals surface area (Å²) in [6.45, 7) is 1.89. The van der Waals surface area contributed by atoms with Crippen molar-refractivity contribution in [3.05, 3.63) is 23.9 Å². The molecule has 0 aromatic carbocycles. The molecule has 0 aliphatic heterocycles. The van der Waals surface area contributed by atoms with E-state index < -0.39 is 0 Å². The monoisotopic (exact) mass is 267 g/mol. The van der Waals surface area contributed by atoms with E-state index in [0.29, 0.717) is 22.9 Å². The fourth-order valence-electron chi connectivity index (χ4n) is 1.53. The Balaban J connectivity index is 2.89. The van der Waals surface area contributed by atoms with Crippen molar-refractivity contribution >= 4 is 23.1 Å². The van der Waals surface area contributed by atoms with Gasteiger partial charge in [-0.3, -0.25) is 4.79 Å². The molecule has 0 aliphatic rings. The van der Waals surface area contributed by atoms with Gasteiger partial charge < -0.3 is 15.4 Å². The average Bonchev–Trinajstić information content (AvgIpc) is 2.36. The van der Waals surface area contributed by atoms with E-state index in [9.17, 15) is 4.79 Å². The van der Waals surface area contributed by atoms with Gasteiger partial charge in [0.2, 0.25) is 5.88 Å². The summed E-state index contributed by atoms with van der Waals surface area (Å²) in [5.41, 5.74) is 5.91. The number of rotatable bonds is 5. The highest BCUT2D eigenvalue weighted by molar-refractivity contribution is 7.80. The maximum Gasteiger partial charge on any atom is 0.259 e. The Morgan fingerprint density at radius 3 is 2.89 bits per heavy atom. The summed E-state index contributed by atoms with van der Waals surface area (Å²) in [6, 6.07) is 3.31. The van der Waals surface area contributed by atoms with Crippen molar-refractivity contribution in [1.29, 1.82) is 0 Å². The smallest absolute Gasteiger partial charge is 0.259 e. The van der Waals surface area contributed by atoms with Crippen molar-refractivity contribution < 1.29 is 9.53 Å². The SMILES string of the molecule is COc1ncccc1C(=O)N(C)C(C)CC(N)=S. The Bertz CT molecular complexity index is 451. The summed E-state index contributed by atoms with van der Waals surface area (Å²) in [4.78, 5) is 18.2. The van der Waals surface area contributed by atoms with Crippen LogP contribution in [0.2, 0.25) is 0 Å². The van der Waals surface area contributed by atoms with Crippen molar-refractivity contribution in [3.8, 4) is 5.88 Å². The molecule has 0 fully saturated rings. The van der Waals surface area contributed by atoms with E-state index in [1.165, 1.54) is 7.11 Å². The lowest BCUT2D eigenvalue weighted by molar-refractivity contribution is 0.0744. The Morgan fingerprint density at radius 2 is 2.33 bits per heavy atom. The van der Waals surface area contributed by atoms with E-state index in [2.05, 4.69) is 4.98 Å². The van der Waals surface area contributed by atoms with Crippen molar-refractivity contribution in [3.63, 3.8) is 0 Å². The van der Waals surface area contributed by atoms with E-state index in [1.807, 2.05) is 6.92 Å². The van der Waals surface area contributed by atoms with E-state index in [-0.39, 0.29) is 11.9 Å². The highest BCUT2D eigenvalue weighted by atomic mass is 32.1. The maximum absolute atomic E-state index is 12.3. The molecule has 1 aromatic rings. The molecule has 5 nitrogen and oxygen atoms in total. The highest BCUT2D eigenvalue weighted by Crippen LogP contribution is 2.17. The Morgan fingerprint density at radius 1 is 1.67 bits per heavy atom. The summed E-state index contributed by atoms with van der Waals surface area (Å²) in [5, 5.41) is 0. The molecule has 98 valence electrons. The van der Waals surface area contributed by atoms with Gasteiger partial charge in [-0.2, -0.15) is 0 Å². The number of hydrogen-bond donors (Lipinski definition) is 1. The summed E-state index contributed by atoms with van der Waals surface area (Å²) < 4.78 is 5.07. The van der Waals surface area contributed by atoms with Crippen molar-refractivity contribution in [2.24, 2.45) is 5.73 Å². The molecule has 1 atom stereocenters. The number of carbonyl (C=O) groups is 1. The molecule has 0 saturated heterocycles. The van der Waals surface area contributed by atoms with Gasteiger partial charge in [0.15, 0.2) is 0 Å². The molecule has 1 rings (SSSR count). The lowest BCUT2D eigenvalue weighted by Crippen LogP contribution is -2.37. The number of hydrogen-bond acceptors (Lipinski definition) is 4. The molecule has 0 aliphatic carbocycles. The molecule has 0 bridgehead atoms. The summed E-state index contributed by atoms with van der Waals surface area (Å²) in [6.07, 6.45) is 2.06. The van der Waals surface area contributed by atoms with Crippen molar-refractivity contribution in [2.45, 2.75) is 19.4 Å². The van der Waals surface area contributed by atoms with E-state index in [4.69, 9.17) is 22.7 Å². The fraction of sp³-hybridized carbons (Fsp3) is 0.417. The number of nitrogens with two attached hydrogens (primary N) is 1. The van der Waals surface area contributed by atoms with Gasteiger partial charge in [0.05, 0.1) is 12.1 Å². The standard InChI is InChI=1S/C12H17N3O2S/c1-8(7-10(13)18)15(2)12(16)9-5-4-6-14-11(9)17-3/h4-6,8H,7H2,1-3H3,(H2,13,18). The molecule has 0 radical (unpaired) electrons. The van der Waals surface area contributed by atoms with Crippen LogP contribution in [0.1, 0.15) is 23.7 Å². The maximum atomic E-state index is 12.3. The third-order valence-corrected chi connectivity index (χ3v) is 2.84. The van der Waals surface area contributed by atoms with Crippen LogP contribution in [0.25, 0.3) is 0 Å². The molecule has 0 spiro atoms. The molecule has 1 amide bonds. The second kappa shape index (κ2) is 6.30. The Hall–Kier alpha value is -1.69. The minimum absolute atomic E-state index is 0.0695. The number of amides is 1. The lowest BCUT2D eigenvalue weighted by atomic mass is 10.1. The van der Waals surface area contributed by atoms with Gasteiger partial charge in [-0.25, -0.2) is 4.98 Å². The minimum Gasteiger partial charge on any atom is -0.480 e. The van der Waals surface area contributed by atoms with Crippen LogP contribution in [0, 0.1) is 0 Å². The van der Waals surface area contributed by atoms with Crippen LogP contribution in [-0.4, -0.2) is 41.0 Å². The predicted octanol–water partition coefficient (Wildman–Crippen LogP) is 1.23. The van der Waals surface area contributed by atoms with Crippen molar-refractivity contribution in [1.82, 2.24) is 9.88 Å². The van der Waals surface area contributed by atoms with Crippen LogP contribution in [-0.2, 0) is 0 Å². The van der Waals surface area contributed by atoms with Gasteiger partial charge >= 0.3 is 0 Å². The first-order valence-corrected chi connectivity index (χ1v) is 5.92. The van der Waals surface area contributed by atoms with Crippen LogP contribution in [0.15, 0.2) is 18.3 Å². The average molecular weight is 267 g/mol. The highest BCUT2D eigenvalue weighted by Gasteiger charge is 2.21. The molecule has 18 heavy (non-hydrogen) atoms. The van der Waals surface area contributed by atoms with Crippen LogP contribution in [0.3, 0.4) is 0 Å². The second-order valence-electron chi connectivity index (χ2n) is 4.00. The van der Waals surface area contributed by atoms with Gasteiger partial charge in [0.1, 0.15) is 5.56 Å². The largest absolute Gasteiger partial charge is 0.480 e. The fourth-order valence-corrected chi connectivity index (χ4v) is 1.78. The quantitative estimate of drug-likeness (QED) is 0.813. The van der Waals surface area contributed by atoms with Crippen molar-refractivity contribution in [2.75, 3.05) is 14.2 Å². The Kier molecular flexibility index (Phi) is 5.03. The van der Waals surface area contributed by atoms with Crippen LogP contribution in [0.4, 0.5) is 0 Å². The van der Waals surface area contributed by atoms with Gasteiger partial charge in [-0.05, 0) is 19.1 Å². The summed E-state index contributed by atoms with van der Waals surface area (Å²) in [7, 11) is 3.19. The molecule has 2 N–H and O–H groups in total. The molecule has 6 heteroatoms. The van der Waals surface area contributed by atoms with Gasteiger partial charge in [0.25, 0.3) is 5.91 Å². The number of thiocarbonyl (C=S) groups is 1. The number of aromatic nitrogens is 1. The Labute approximate surface area is 112 Å². The summed E-state index contributed by atoms with van der Waals surface area (Å²) >= 11 is 4.85. The zero-order chi connectivity index (χ0) is 13.7. The molecular formula is C12H17N3O2S. The van der Waals surface area contributed by atoms with Gasteiger partial charge in [-0.15, -0.1) is 0 Å². The zero-order valence-electron chi connectivity index (χ0n) is 10.7. The number of nitrogens with zero attached hydrogens (tertiary/aromatic N) is 2. The molecule has 1 unspecified atom stereocenters. The third kappa shape index (κ3) is 3.40. The first-order valence-electron chi connectivity index (χ1n) is 5.51. The molecule has 0 saturated carbocycles. The molecular weight excluding hydrogens is 250 g/mol. The summed E-state index contributed by atoms with van der Waals surface area (Å²) in [5.74, 6) is 0.153. The second-order valence-corrected chi connectivity index (χ2v) is 4.52. The van der Waals surface area contributed by atoms with Gasteiger partial charge in [-0.1, -0.05) is 12.2 Å². The van der Waals surface area contributed by atoms with Gasteiger partial charge in [0, 0.05) is 25.7 Å². The lowest BCUT2D eigenvalue weighted by Gasteiger charge is -2.25. The topological polar surface area (TPSA) is 68.5 Å².